The minimum atomic E-state index is -3.49. The van der Waals surface area contributed by atoms with Crippen molar-refractivity contribution >= 4 is 21.6 Å². The third kappa shape index (κ3) is 6.83. The second-order valence-corrected chi connectivity index (χ2v) is 9.87. The van der Waals surface area contributed by atoms with E-state index in [0.717, 1.165) is 16.7 Å². The lowest BCUT2D eigenvalue weighted by molar-refractivity contribution is -0.121. The molecule has 0 saturated carbocycles. The van der Waals surface area contributed by atoms with E-state index in [1.807, 2.05) is 55.5 Å². The predicted octanol–water partition coefficient (Wildman–Crippen LogP) is 4.46. The fourth-order valence-corrected chi connectivity index (χ4v) is 4.67. The highest BCUT2D eigenvalue weighted by atomic mass is 32.2. The molecule has 3 aromatic carbocycles. The van der Waals surface area contributed by atoms with Crippen molar-refractivity contribution < 1.29 is 17.9 Å². The third-order valence-electron chi connectivity index (χ3n) is 5.34. The molecule has 0 bridgehead atoms. The van der Waals surface area contributed by atoms with Crippen molar-refractivity contribution in [1.82, 2.24) is 5.32 Å². The first-order chi connectivity index (χ1) is 15.8. The Labute approximate surface area is 196 Å². The van der Waals surface area contributed by atoms with E-state index in [1.54, 1.807) is 31.4 Å². The van der Waals surface area contributed by atoms with Gasteiger partial charge in [0.05, 0.1) is 25.1 Å². The molecule has 0 aliphatic rings. The molecule has 0 radical (unpaired) electrons. The highest BCUT2D eigenvalue weighted by Gasteiger charge is 2.20. The van der Waals surface area contributed by atoms with E-state index in [4.69, 9.17) is 4.74 Å². The summed E-state index contributed by atoms with van der Waals surface area (Å²) in [7, 11) is -1.93. The maximum Gasteiger partial charge on any atom is 0.232 e. The molecule has 0 aliphatic carbocycles. The first kappa shape index (κ1) is 24.3. The number of benzene rings is 3. The SMILES string of the molecule is COc1ccc(N(CCCC(=O)N[C@H](c2ccccc2)c2cccc(C)c2)S(C)(=O)=O)cc1. The quantitative estimate of drug-likeness (QED) is 0.479. The van der Waals surface area contributed by atoms with Crippen molar-refractivity contribution in [2.45, 2.75) is 25.8 Å². The molecular formula is C26H30N2O4S. The van der Waals surface area contributed by atoms with Gasteiger partial charge in [0.1, 0.15) is 5.75 Å². The molecule has 1 N–H and O–H groups in total. The van der Waals surface area contributed by atoms with Gasteiger partial charge in [-0.3, -0.25) is 9.10 Å². The second-order valence-electron chi connectivity index (χ2n) is 7.96. The van der Waals surface area contributed by atoms with Crippen molar-refractivity contribution in [2.75, 3.05) is 24.2 Å². The maximum absolute atomic E-state index is 12.8. The van der Waals surface area contributed by atoms with Crippen molar-refractivity contribution in [1.29, 1.82) is 0 Å². The summed E-state index contributed by atoms with van der Waals surface area (Å²) in [4.78, 5) is 12.8. The van der Waals surface area contributed by atoms with Crippen LogP contribution in [0.15, 0.2) is 78.9 Å². The second kappa shape index (κ2) is 11.0. The smallest absolute Gasteiger partial charge is 0.232 e. The molecule has 0 aromatic heterocycles. The van der Waals surface area contributed by atoms with Crippen LogP contribution in [0, 0.1) is 6.92 Å². The van der Waals surface area contributed by atoms with E-state index in [-0.39, 0.29) is 24.9 Å². The van der Waals surface area contributed by atoms with Crippen LogP contribution in [-0.2, 0) is 14.8 Å². The molecule has 0 unspecified atom stereocenters. The van der Waals surface area contributed by atoms with Gasteiger partial charge in [0, 0.05) is 13.0 Å². The molecule has 1 atom stereocenters. The molecule has 0 fully saturated rings. The number of rotatable bonds is 10. The van der Waals surface area contributed by atoms with E-state index in [0.29, 0.717) is 17.9 Å². The molecule has 0 saturated heterocycles. The minimum absolute atomic E-state index is 0.131. The Balaban J connectivity index is 1.68. The Hall–Kier alpha value is -3.32. The maximum atomic E-state index is 12.8. The topological polar surface area (TPSA) is 75.7 Å². The van der Waals surface area contributed by atoms with Gasteiger partial charge in [-0.05, 0) is 48.7 Å². The zero-order valence-corrected chi connectivity index (χ0v) is 20.0. The lowest BCUT2D eigenvalue weighted by atomic mass is 9.97. The molecule has 1 amide bonds. The first-order valence-corrected chi connectivity index (χ1v) is 12.7. The van der Waals surface area contributed by atoms with E-state index in [1.165, 1.54) is 10.6 Å². The molecular weight excluding hydrogens is 436 g/mol. The number of nitrogens with one attached hydrogen (secondary N) is 1. The van der Waals surface area contributed by atoms with Crippen LogP contribution < -0.4 is 14.4 Å². The molecule has 174 valence electrons. The van der Waals surface area contributed by atoms with Gasteiger partial charge in [0.2, 0.25) is 15.9 Å². The van der Waals surface area contributed by atoms with Crippen LogP contribution in [0.5, 0.6) is 5.75 Å². The Kier molecular flexibility index (Phi) is 8.11. The molecule has 0 heterocycles. The molecule has 6 nitrogen and oxygen atoms in total. The summed E-state index contributed by atoms with van der Waals surface area (Å²) >= 11 is 0. The zero-order valence-electron chi connectivity index (χ0n) is 19.2. The molecule has 3 rings (SSSR count). The van der Waals surface area contributed by atoms with Crippen LogP contribution in [0.25, 0.3) is 0 Å². The van der Waals surface area contributed by atoms with Crippen molar-refractivity contribution in [2.24, 2.45) is 0 Å². The molecule has 7 heteroatoms. The summed E-state index contributed by atoms with van der Waals surface area (Å²) in [6, 6.07) is 24.4. The normalized spacial score (nSPS) is 12.1. The van der Waals surface area contributed by atoms with Crippen molar-refractivity contribution in [3.63, 3.8) is 0 Å². The molecule has 0 spiro atoms. The summed E-state index contributed by atoms with van der Waals surface area (Å²) in [6.07, 6.45) is 1.76. The Bertz CT molecular complexity index is 1160. The standard InChI is InChI=1S/C26H30N2O4S/c1-20-9-7-12-22(19-20)26(21-10-5-4-6-11-21)27-25(29)13-8-18-28(33(3,30)31)23-14-16-24(32-2)17-15-23/h4-7,9-12,14-17,19,26H,8,13,18H2,1-3H3,(H,27,29)/t26-/m1/s1. The number of nitrogens with zero attached hydrogens (tertiary/aromatic N) is 1. The van der Waals surface area contributed by atoms with Crippen molar-refractivity contribution in [3.8, 4) is 5.75 Å². The Morgan fingerprint density at radius 2 is 1.64 bits per heavy atom. The number of carbonyl (C=O) groups excluding carboxylic acids is 1. The summed E-state index contributed by atoms with van der Waals surface area (Å²) in [6.45, 7) is 2.23. The summed E-state index contributed by atoms with van der Waals surface area (Å²) in [5.74, 6) is 0.517. The summed E-state index contributed by atoms with van der Waals surface area (Å²) < 4.78 is 31.1. The fraction of sp³-hybridized carbons (Fsp3) is 0.269. The number of methoxy groups -OCH3 is 1. The van der Waals surface area contributed by atoms with E-state index in [2.05, 4.69) is 11.4 Å². The minimum Gasteiger partial charge on any atom is -0.497 e. The highest BCUT2D eigenvalue weighted by Crippen LogP contribution is 2.24. The molecule has 3 aromatic rings. The van der Waals surface area contributed by atoms with Gasteiger partial charge in [0.15, 0.2) is 0 Å². The van der Waals surface area contributed by atoms with Gasteiger partial charge < -0.3 is 10.1 Å². The zero-order chi connectivity index (χ0) is 23.8. The summed E-state index contributed by atoms with van der Waals surface area (Å²) in [5, 5.41) is 3.12. The van der Waals surface area contributed by atoms with E-state index < -0.39 is 10.0 Å². The van der Waals surface area contributed by atoms with Crippen LogP contribution in [0.1, 0.15) is 35.6 Å². The number of amides is 1. The third-order valence-corrected chi connectivity index (χ3v) is 6.53. The van der Waals surface area contributed by atoms with Crippen LogP contribution in [-0.4, -0.2) is 34.2 Å². The fourth-order valence-electron chi connectivity index (χ4n) is 3.71. The van der Waals surface area contributed by atoms with Gasteiger partial charge in [-0.15, -0.1) is 0 Å². The number of sulfonamides is 1. The molecule has 0 aliphatic heterocycles. The lowest BCUT2D eigenvalue weighted by Crippen LogP contribution is -2.33. The lowest BCUT2D eigenvalue weighted by Gasteiger charge is -2.23. The van der Waals surface area contributed by atoms with E-state index in [9.17, 15) is 13.2 Å². The Morgan fingerprint density at radius 3 is 2.24 bits per heavy atom. The van der Waals surface area contributed by atoms with Crippen LogP contribution in [0.4, 0.5) is 5.69 Å². The average molecular weight is 467 g/mol. The van der Waals surface area contributed by atoms with Crippen LogP contribution in [0.3, 0.4) is 0 Å². The number of ether oxygens (including phenoxy) is 1. The average Bonchev–Trinajstić information content (AvgIpc) is 2.80. The van der Waals surface area contributed by atoms with Crippen molar-refractivity contribution in [3.05, 3.63) is 95.6 Å². The van der Waals surface area contributed by atoms with Gasteiger partial charge in [0.25, 0.3) is 0 Å². The number of anilines is 1. The van der Waals surface area contributed by atoms with Gasteiger partial charge >= 0.3 is 0 Å². The van der Waals surface area contributed by atoms with E-state index >= 15 is 0 Å². The Morgan fingerprint density at radius 1 is 0.970 bits per heavy atom. The first-order valence-electron chi connectivity index (χ1n) is 10.8. The monoisotopic (exact) mass is 466 g/mol. The number of carbonyl (C=O) groups is 1. The number of hydrogen-bond donors (Lipinski definition) is 1. The number of hydrogen-bond acceptors (Lipinski definition) is 4. The number of aryl methyl sites for hydroxylation is 1. The van der Waals surface area contributed by atoms with Gasteiger partial charge in [-0.1, -0.05) is 60.2 Å². The predicted molar refractivity (Wildman–Crippen MR) is 132 cm³/mol. The van der Waals surface area contributed by atoms with Gasteiger partial charge in [-0.25, -0.2) is 8.42 Å². The summed E-state index contributed by atoms with van der Waals surface area (Å²) in [5.41, 5.74) is 3.66. The largest absolute Gasteiger partial charge is 0.497 e. The van der Waals surface area contributed by atoms with Crippen LogP contribution >= 0.6 is 0 Å². The highest BCUT2D eigenvalue weighted by molar-refractivity contribution is 7.92. The molecule has 33 heavy (non-hydrogen) atoms. The van der Waals surface area contributed by atoms with Gasteiger partial charge in [-0.2, -0.15) is 0 Å². The van der Waals surface area contributed by atoms with Crippen LogP contribution in [0.2, 0.25) is 0 Å².